The van der Waals surface area contributed by atoms with Crippen molar-refractivity contribution in [2.24, 2.45) is 0 Å². The number of hydrogen-bond acceptors (Lipinski definition) is 6. The number of furan rings is 1. The summed E-state index contributed by atoms with van der Waals surface area (Å²) in [4.78, 5) is 44.1. The molecule has 0 aliphatic carbocycles. The number of fused-ring (bicyclic) bond motifs is 1. The molecule has 1 atom stereocenters. The second-order valence-corrected chi connectivity index (χ2v) is 10.9. The second kappa shape index (κ2) is 12.9. The lowest BCUT2D eigenvalue weighted by Gasteiger charge is -2.18. The van der Waals surface area contributed by atoms with Crippen molar-refractivity contribution in [1.82, 2.24) is 14.9 Å². The summed E-state index contributed by atoms with van der Waals surface area (Å²) in [7, 11) is 0. The average Bonchev–Trinajstić information content (AvgIpc) is 3.52. The molecule has 41 heavy (non-hydrogen) atoms. The van der Waals surface area contributed by atoms with E-state index in [4.69, 9.17) is 21.0 Å². The third-order valence-corrected chi connectivity index (χ3v) is 8.02. The van der Waals surface area contributed by atoms with Crippen molar-refractivity contribution in [2.45, 2.75) is 36.8 Å². The predicted molar refractivity (Wildman–Crippen MR) is 161 cm³/mol. The molecule has 10 heteroatoms. The molecular weight excluding hydrogens is 560 g/mol. The third kappa shape index (κ3) is 6.87. The summed E-state index contributed by atoms with van der Waals surface area (Å²) in [6.07, 6.45) is 2.08. The van der Waals surface area contributed by atoms with Crippen molar-refractivity contribution in [3.8, 4) is 0 Å². The molecule has 8 nitrogen and oxygen atoms in total. The SMILES string of the molecule is CCC(Sc1nc2ccccc2c(=O)n1Cc1ccc(C(=O)NCc2ccco2)cc1)C(=O)Nc1ccc(Cl)cc1. The van der Waals surface area contributed by atoms with Crippen LogP contribution in [0.2, 0.25) is 5.02 Å². The molecule has 0 aliphatic heterocycles. The zero-order valence-electron chi connectivity index (χ0n) is 22.2. The van der Waals surface area contributed by atoms with E-state index in [0.29, 0.717) is 44.5 Å². The van der Waals surface area contributed by atoms with Crippen molar-refractivity contribution >= 4 is 51.8 Å². The summed E-state index contributed by atoms with van der Waals surface area (Å²) in [5.41, 5.74) is 2.30. The summed E-state index contributed by atoms with van der Waals surface area (Å²) in [6.45, 7) is 2.43. The Hall–Kier alpha value is -4.34. The Bertz CT molecular complexity index is 1720. The van der Waals surface area contributed by atoms with Crippen LogP contribution in [-0.4, -0.2) is 26.6 Å². The van der Waals surface area contributed by atoms with Crippen molar-refractivity contribution in [3.05, 3.63) is 123 Å². The number of anilines is 1. The molecule has 2 heterocycles. The van der Waals surface area contributed by atoms with Gasteiger partial charge in [-0.1, -0.05) is 54.6 Å². The van der Waals surface area contributed by atoms with Gasteiger partial charge in [-0.25, -0.2) is 4.98 Å². The molecule has 0 radical (unpaired) electrons. The van der Waals surface area contributed by atoms with Gasteiger partial charge < -0.3 is 15.1 Å². The van der Waals surface area contributed by atoms with Crippen LogP contribution in [0, 0.1) is 0 Å². The van der Waals surface area contributed by atoms with E-state index < -0.39 is 5.25 Å². The normalized spacial score (nSPS) is 11.8. The van der Waals surface area contributed by atoms with Gasteiger partial charge in [-0.2, -0.15) is 0 Å². The highest BCUT2D eigenvalue weighted by Gasteiger charge is 2.22. The molecule has 0 spiro atoms. The van der Waals surface area contributed by atoms with E-state index in [0.717, 1.165) is 5.56 Å². The summed E-state index contributed by atoms with van der Waals surface area (Å²) in [5.74, 6) is 0.236. The van der Waals surface area contributed by atoms with Gasteiger partial charge >= 0.3 is 0 Å². The van der Waals surface area contributed by atoms with Gasteiger partial charge in [0.25, 0.3) is 11.5 Å². The summed E-state index contributed by atoms with van der Waals surface area (Å²) >= 11 is 7.22. The maximum Gasteiger partial charge on any atom is 0.262 e. The molecule has 0 fully saturated rings. The topological polar surface area (TPSA) is 106 Å². The first-order valence-electron chi connectivity index (χ1n) is 13.0. The maximum absolute atomic E-state index is 13.6. The number of carbonyl (C=O) groups is 2. The molecule has 2 amide bonds. The van der Waals surface area contributed by atoms with Gasteiger partial charge in [-0.15, -0.1) is 0 Å². The zero-order valence-corrected chi connectivity index (χ0v) is 23.7. The number of thioether (sulfide) groups is 1. The van der Waals surface area contributed by atoms with Crippen LogP contribution in [0.3, 0.4) is 0 Å². The summed E-state index contributed by atoms with van der Waals surface area (Å²) in [6, 6.07) is 24.7. The Balaban J connectivity index is 1.38. The fourth-order valence-electron chi connectivity index (χ4n) is 4.21. The van der Waals surface area contributed by atoms with E-state index in [9.17, 15) is 14.4 Å². The van der Waals surface area contributed by atoms with E-state index in [1.807, 2.05) is 25.1 Å². The Kier molecular flexibility index (Phi) is 8.86. The molecule has 5 aromatic rings. The highest BCUT2D eigenvalue weighted by Crippen LogP contribution is 2.27. The van der Waals surface area contributed by atoms with Crippen molar-refractivity contribution < 1.29 is 14.0 Å². The molecular formula is C31H27ClN4O4S. The molecule has 0 bridgehead atoms. The number of rotatable bonds is 10. The van der Waals surface area contributed by atoms with Crippen LogP contribution in [0.4, 0.5) is 5.69 Å². The number of nitrogens with zero attached hydrogens (tertiary/aromatic N) is 2. The Labute approximate surface area is 245 Å². The molecule has 5 rings (SSSR count). The highest BCUT2D eigenvalue weighted by molar-refractivity contribution is 8.00. The maximum atomic E-state index is 13.6. The van der Waals surface area contributed by atoms with Crippen LogP contribution in [0.25, 0.3) is 10.9 Å². The quantitative estimate of drug-likeness (QED) is 0.151. The lowest BCUT2D eigenvalue weighted by atomic mass is 10.1. The number of aromatic nitrogens is 2. The fourth-order valence-corrected chi connectivity index (χ4v) is 5.35. The van der Waals surface area contributed by atoms with Crippen LogP contribution in [-0.2, 0) is 17.9 Å². The van der Waals surface area contributed by atoms with Crippen LogP contribution in [0.1, 0.15) is 35.0 Å². The van der Waals surface area contributed by atoms with E-state index in [2.05, 4.69) is 10.6 Å². The minimum Gasteiger partial charge on any atom is -0.467 e. The third-order valence-electron chi connectivity index (χ3n) is 6.41. The van der Waals surface area contributed by atoms with Crippen molar-refractivity contribution in [2.75, 3.05) is 5.32 Å². The lowest BCUT2D eigenvalue weighted by Crippen LogP contribution is -2.28. The zero-order chi connectivity index (χ0) is 28.8. The standard InChI is InChI=1S/C31H27ClN4O4S/c1-2-27(29(38)34-23-15-13-22(32)14-16-23)41-31-35-26-8-4-3-7-25(26)30(39)36(31)19-20-9-11-21(12-10-20)28(37)33-18-24-6-5-17-40-24/h3-17,27H,2,18-19H2,1H3,(H,33,37)(H,34,38). The van der Waals surface area contributed by atoms with Gasteiger partial charge in [0.2, 0.25) is 5.91 Å². The molecule has 0 saturated heterocycles. The first kappa shape index (κ1) is 28.2. The predicted octanol–water partition coefficient (Wildman–Crippen LogP) is 6.13. The van der Waals surface area contributed by atoms with Crippen molar-refractivity contribution in [3.63, 3.8) is 0 Å². The molecule has 208 valence electrons. The monoisotopic (exact) mass is 586 g/mol. The summed E-state index contributed by atoms with van der Waals surface area (Å²) in [5, 5.41) is 6.75. The number of para-hydroxylation sites is 1. The fraction of sp³-hybridized carbons (Fsp3) is 0.161. The molecule has 2 N–H and O–H groups in total. The van der Waals surface area contributed by atoms with Crippen LogP contribution in [0.15, 0.2) is 106 Å². The number of halogens is 1. The lowest BCUT2D eigenvalue weighted by molar-refractivity contribution is -0.115. The van der Waals surface area contributed by atoms with Crippen molar-refractivity contribution in [1.29, 1.82) is 0 Å². The van der Waals surface area contributed by atoms with Gasteiger partial charge in [-0.05, 0) is 72.6 Å². The smallest absolute Gasteiger partial charge is 0.262 e. The van der Waals surface area contributed by atoms with Crippen LogP contribution < -0.4 is 16.2 Å². The Morgan fingerprint density at radius 3 is 2.46 bits per heavy atom. The van der Waals surface area contributed by atoms with E-state index in [1.165, 1.54) is 11.8 Å². The number of benzene rings is 3. The molecule has 0 aliphatic rings. The number of hydrogen-bond donors (Lipinski definition) is 2. The van der Waals surface area contributed by atoms with Gasteiger partial charge in [0, 0.05) is 16.3 Å². The Morgan fingerprint density at radius 2 is 1.76 bits per heavy atom. The molecule has 1 unspecified atom stereocenters. The van der Waals surface area contributed by atoms with Gasteiger partial charge in [-0.3, -0.25) is 19.0 Å². The number of amides is 2. The molecule has 3 aromatic carbocycles. The summed E-state index contributed by atoms with van der Waals surface area (Å²) < 4.78 is 6.84. The van der Waals surface area contributed by atoms with Gasteiger partial charge in [0.1, 0.15) is 5.76 Å². The van der Waals surface area contributed by atoms with E-state index in [-0.39, 0.29) is 30.5 Å². The molecule has 2 aromatic heterocycles. The van der Waals surface area contributed by atoms with E-state index >= 15 is 0 Å². The largest absolute Gasteiger partial charge is 0.467 e. The molecule has 0 saturated carbocycles. The first-order chi connectivity index (χ1) is 19.9. The van der Waals surface area contributed by atoms with Crippen LogP contribution in [0.5, 0.6) is 0 Å². The number of nitrogens with one attached hydrogen (secondary N) is 2. The Morgan fingerprint density at radius 1 is 1.00 bits per heavy atom. The van der Waals surface area contributed by atoms with Crippen LogP contribution >= 0.6 is 23.4 Å². The van der Waals surface area contributed by atoms with Gasteiger partial charge in [0.05, 0.1) is 35.5 Å². The number of carbonyl (C=O) groups excluding carboxylic acids is 2. The minimum absolute atomic E-state index is 0.196. The van der Waals surface area contributed by atoms with E-state index in [1.54, 1.807) is 77.6 Å². The van der Waals surface area contributed by atoms with Gasteiger partial charge in [0.15, 0.2) is 5.16 Å². The highest BCUT2D eigenvalue weighted by atomic mass is 35.5. The minimum atomic E-state index is -0.495. The first-order valence-corrected chi connectivity index (χ1v) is 14.3. The average molecular weight is 587 g/mol. The second-order valence-electron chi connectivity index (χ2n) is 9.27.